The van der Waals surface area contributed by atoms with E-state index in [2.05, 4.69) is 0 Å². The zero-order chi connectivity index (χ0) is 13.8. The fourth-order valence-corrected chi connectivity index (χ4v) is 2.71. The predicted octanol–water partition coefficient (Wildman–Crippen LogP) is -0.426. The van der Waals surface area contributed by atoms with Crippen molar-refractivity contribution in [2.45, 2.75) is 38.3 Å². The highest BCUT2D eigenvalue weighted by molar-refractivity contribution is 5.89. The molecule has 2 aliphatic rings. The third-order valence-electron chi connectivity index (χ3n) is 3.78. The summed E-state index contributed by atoms with van der Waals surface area (Å²) >= 11 is 0. The van der Waals surface area contributed by atoms with E-state index in [0.29, 0.717) is 32.8 Å². The second kappa shape index (κ2) is 6.34. The highest BCUT2D eigenvalue weighted by atomic mass is 16.5. The Morgan fingerprint density at radius 1 is 1.21 bits per heavy atom. The number of hydrogen-bond donors (Lipinski definition) is 1. The summed E-state index contributed by atoms with van der Waals surface area (Å²) in [6.45, 7) is 4.72. The summed E-state index contributed by atoms with van der Waals surface area (Å²) in [7, 11) is 0. The SMILES string of the molecule is C[C@H](N)C(=O)N1CCCCC1C(=O)N1CCOCC1. The summed E-state index contributed by atoms with van der Waals surface area (Å²) in [5.41, 5.74) is 5.67. The van der Waals surface area contributed by atoms with E-state index >= 15 is 0 Å². The number of amides is 2. The Labute approximate surface area is 113 Å². The molecular weight excluding hydrogens is 246 g/mol. The maximum absolute atomic E-state index is 12.5. The molecule has 2 amide bonds. The molecule has 1 unspecified atom stereocenters. The van der Waals surface area contributed by atoms with E-state index in [1.807, 2.05) is 0 Å². The molecule has 0 spiro atoms. The Hall–Kier alpha value is -1.14. The van der Waals surface area contributed by atoms with Crippen LogP contribution in [0.5, 0.6) is 0 Å². The number of nitrogens with two attached hydrogens (primary N) is 1. The molecule has 2 saturated heterocycles. The fourth-order valence-electron chi connectivity index (χ4n) is 2.71. The number of carbonyl (C=O) groups is 2. The molecule has 0 radical (unpaired) electrons. The van der Waals surface area contributed by atoms with Crippen LogP contribution in [0, 0.1) is 0 Å². The Morgan fingerprint density at radius 2 is 1.89 bits per heavy atom. The van der Waals surface area contributed by atoms with E-state index in [1.54, 1.807) is 16.7 Å². The van der Waals surface area contributed by atoms with Crippen LogP contribution in [-0.4, -0.2) is 66.5 Å². The van der Waals surface area contributed by atoms with Crippen LogP contribution in [0.1, 0.15) is 26.2 Å². The summed E-state index contributed by atoms with van der Waals surface area (Å²) in [6, 6.07) is -0.872. The van der Waals surface area contributed by atoms with Crippen LogP contribution < -0.4 is 5.73 Å². The molecule has 0 aliphatic carbocycles. The number of morpholine rings is 1. The third kappa shape index (κ3) is 3.25. The first-order valence-corrected chi connectivity index (χ1v) is 7.04. The molecule has 0 aromatic carbocycles. The van der Waals surface area contributed by atoms with Gasteiger partial charge in [-0.05, 0) is 26.2 Å². The van der Waals surface area contributed by atoms with Crippen LogP contribution in [0.2, 0.25) is 0 Å². The number of nitrogens with zero attached hydrogens (tertiary/aromatic N) is 2. The Kier molecular flexibility index (Phi) is 4.76. The molecule has 2 N–H and O–H groups in total. The average molecular weight is 269 g/mol. The lowest BCUT2D eigenvalue weighted by Crippen LogP contribution is -2.57. The van der Waals surface area contributed by atoms with Gasteiger partial charge in [-0.1, -0.05) is 0 Å². The average Bonchev–Trinajstić information content (AvgIpc) is 2.46. The molecule has 0 aromatic rings. The molecule has 0 aromatic heterocycles. The van der Waals surface area contributed by atoms with Gasteiger partial charge in [0.05, 0.1) is 19.3 Å². The van der Waals surface area contributed by atoms with Gasteiger partial charge in [0.15, 0.2) is 0 Å². The van der Waals surface area contributed by atoms with Crippen molar-refractivity contribution >= 4 is 11.8 Å². The molecule has 19 heavy (non-hydrogen) atoms. The molecule has 2 heterocycles. The second-order valence-electron chi connectivity index (χ2n) is 5.27. The summed E-state index contributed by atoms with van der Waals surface area (Å²) in [5, 5.41) is 0. The number of piperidine rings is 1. The van der Waals surface area contributed by atoms with Gasteiger partial charge in [0.25, 0.3) is 0 Å². The quantitative estimate of drug-likeness (QED) is 0.738. The van der Waals surface area contributed by atoms with Crippen molar-refractivity contribution in [3.63, 3.8) is 0 Å². The van der Waals surface area contributed by atoms with Crippen LogP contribution in [0.25, 0.3) is 0 Å². The van der Waals surface area contributed by atoms with E-state index < -0.39 is 6.04 Å². The molecule has 2 aliphatic heterocycles. The number of rotatable bonds is 2. The van der Waals surface area contributed by atoms with Gasteiger partial charge in [-0.15, -0.1) is 0 Å². The lowest BCUT2D eigenvalue weighted by molar-refractivity contribution is -0.150. The second-order valence-corrected chi connectivity index (χ2v) is 5.27. The zero-order valence-electron chi connectivity index (χ0n) is 11.5. The van der Waals surface area contributed by atoms with Crippen molar-refractivity contribution < 1.29 is 14.3 Å². The van der Waals surface area contributed by atoms with Gasteiger partial charge in [-0.25, -0.2) is 0 Å². The van der Waals surface area contributed by atoms with Crippen molar-refractivity contribution in [3.8, 4) is 0 Å². The van der Waals surface area contributed by atoms with E-state index in [1.165, 1.54) is 0 Å². The molecule has 0 bridgehead atoms. The van der Waals surface area contributed by atoms with Crippen LogP contribution in [0.15, 0.2) is 0 Å². The first-order valence-electron chi connectivity index (χ1n) is 7.04. The van der Waals surface area contributed by atoms with E-state index in [-0.39, 0.29) is 17.9 Å². The van der Waals surface area contributed by atoms with Gasteiger partial charge < -0.3 is 20.3 Å². The molecule has 6 nitrogen and oxygen atoms in total. The minimum atomic E-state index is -0.543. The summed E-state index contributed by atoms with van der Waals surface area (Å²) < 4.78 is 5.26. The highest BCUT2D eigenvalue weighted by Gasteiger charge is 2.35. The van der Waals surface area contributed by atoms with Crippen molar-refractivity contribution in [3.05, 3.63) is 0 Å². The maximum Gasteiger partial charge on any atom is 0.245 e. The van der Waals surface area contributed by atoms with E-state index in [0.717, 1.165) is 19.3 Å². The summed E-state index contributed by atoms with van der Waals surface area (Å²) in [6.07, 6.45) is 2.68. The molecule has 108 valence electrons. The molecule has 2 fully saturated rings. The van der Waals surface area contributed by atoms with E-state index in [4.69, 9.17) is 10.5 Å². The van der Waals surface area contributed by atoms with Crippen molar-refractivity contribution in [2.24, 2.45) is 5.73 Å². The lowest BCUT2D eigenvalue weighted by Gasteiger charge is -2.39. The van der Waals surface area contributed by atoms with Crippen LogP contribution in [-0.2, 0) is 14.3 Å². The topological polar surface area (TPSA) is 75.9 Å². The molecule has 0 saturated carbocycles. The number of hydrogen-bond acceptors (Lipinski definition) is 4. The molecule has 2 atom stereocenters. The highest BCUT2D eigenvalue weighted by Crippen LogP contribution is 2.20. The zero-order valence-corrected chi connectivity index (χ0v) is 11.5. The van der Waals surface area contributed by atoms with E-state index in [9.17, 15) is 9.59 Å². The van der Waals surface area contributed by atoms with Crippen molar-refractivity contribution in [1.82, 2.24) is 9.80 Å². The summed E-state index contributed by atoms with van der Waals surface area (Å²) in [4.78, 5) is 28.1. The predicted molar refractivity (Wildman–Crippen MR) is 70.4 cm³/mol. The molecule has 6 heteroatoms. The largest absolute Gasteiger partial charge is 0.378 e. The Balaban J connectivity index is 2.05. The molecule has 2 rings (SSSR count). The minimum absolute atomic E-state index is 0.0528. The Morgan fingerprint density at radius 3 is 2.53 bits per heavy atom. The standard InChI is InChI=1S/C13H23N3O3/c1-10(14)12(17)16-5-3-2-4-11(16)13(18)15-6-8-19-9-7-15/h10-11H,2-9,14H2,1H3/t10-,11?/m0/s1. The Bertz CT molecular complexity index is 340. The first-order chi connectivity index (χ1) is 9.11. The van der Waals surface area contributed by atoms with Crippen LogP contribution in [0.4, 0.5) is 0 Å². The number of ether oxygens (including phenoxy) is 1. The smallest absolute Gasteiger partial charge is 0.245 e. The first kappa shape index (κ1) is 14.3. The van der Waals surface area contributed by atoms with Gasteiger partial charge in [0, 0.05) is 19.6 Å². The number of carbonyl (C=O) groups excluding carboxylic acids is 2. The minimum Gasteiger partial charge on any atom is -0.378 e. The third-order valence-corrected chi connectivity index (χ3v) is 3.78. The normalized spacial score (nSPS) is 26.1. The molecular formula is C13H23N3O3. The van der Waals surface area contributed by atoms with Crippen molar-refractivity contribution in [1.29, 1.82) is 0 Å². The van der Waals surface area contributed by atoms with Gasteiger partial charge in [0.1, 0.15) is 6.04 Å². The van der Waals surface area contributed by atoms with Gasteiger partial charge >= 0.3 is 0 Å². The monoisotopic (exact) mass is 269 g/mol. The fraction of sp³-hybridized carbons (Fsp3) is 0.846. The lowest BCUT2D eigenvalue weighted by atomic mass is 9.99. The number of likely N-dealkylation sites (tertiary alicyclic amines) is 1. The van der Waals surface area contributed by atoms with Crippen LogP contribution in [0.3, 0.4) is 0 Å². The van der Waals surface area contributed by atoms with Gasteiger partial charge in [-0.3, -0.25) is 9.59 Å². The van der Waals surface area contributed by atoms with Gasteiger partial charge in [-0.2, -0.15) is 0 Å². The van der Waals surface area contributed by atoms with Gasteiger partial charge in [0.2, 0.25) is 11.8 Å². The van der Waals surface area contributed by atoms with Crippen LogP contribution >= 0.6 is 0 Å². The maximum atomic E-state index is 12.5. The van der Waals surface area contributed by atoms with Crippen molar-refractivity contribution in [2.75, 3.05) is 32.8 Å². The summed E-state index contributed by atoms with van der Waals surface area (Å²) in [5.74, 6) is -0.0664.